The Labute approximate surface area is 115 Å². The van der Waals surface area contributed by atoms with Crippen LogP contribution in [0.5, 0.6) is 0 Å². The summed E-state index contributed by atoms with van der Waals surface area (Å²) in [5, 5.41) is 9.74. The van der Waals surface area contributed by atoms with Crippen molar-refractivity contribution in [2.45, 2.75) is 13.0 Å². The van der Waals surface area contributed by atoms with E-state index in [2.05, 4.69) is 15.7 Å². The number of aromatic nitrogens is 2. The smallest absolute Gasteiger partial charge is 0.251 e. The van der Waals surface area contributed by atoms with Gasteiger partial charge in [-0.05, 0) is 29.8 Å². The van der Waals surface area contributed by atoms with Crippen LogP contribution in [0.15, 0.2) is 30.5 Å². The predicted molar refractivity (Wildman–Crippen MR) is 73.2 cm³/mol. The molecule has 0 radical (unpaired) electrons. The number of nitrogens with one attached hydrogen (secondary N) is 2. The van der Waals surface area contributed by atoms with E-state index in [1.165, 1.54) is 0 Å². The summed E-state index contributed by atoms with van der Waals surface area (Å²) < 4.78 is 1.69. The number of carbonyl (C=O) groups is 2. The summed E-state index contributed by atoms with van der Waals surface area (Å²) in [7, 11) is 1.83. The zero-order valence-corrected chi connectivity index (χ0v) is 11.0. The van der Waals surface area contributed by atoms with E-state index in [0.717, 1.165) is 16.9 Å². The van der Waals surface area contributed by atoms with E-state index in [1.807, 2.05) is 19.3 Å². The van der Waals surface area contributed by atoms with Crippen LogP contribution in [0.2, 0.25) is 0 Å². The van der Waals surface area contributed by atoms with Gasteiger partial charge >= 0.3 is 0 Å². The highest BCUT2D eigenvalue weighted by Gasteiger charge is 2.19. The average Bonchev–Trinajstić information content (AvgIpc) is 2.99. The number of hydrogen-bond acceptors (Lipinski definition) is 3. The van der Waals surface area contributed by atoms with Gasteiger partial charge in [0, 0.05) is 24.5 Å². The third-order valence-electron chi connectivity index (χ3n) is 3.19. The zero-order valence-electron chi connectivity index (χ0n) is 11.0. The summed E-state index contributed by atoms with van der Waals surface area (Å²) >= 11 is 0. The molecule has 2 heterocycles. The Morgan fingerprint density at radius 3 is 3.05 bits per heavy atom. The minimum absolute atomic E-state index is 0.0361. The first-order valence-electron chi connectivity index (χ1n) is 6.31. The predicted octanol–water partition coefficient (Wildman–Crippen LogP) is 0.845. The van der Waals surface area contributed by atoms with Crippen LogP contribution in [-0.4, -0.2) is 21.6 Å². The molecule has 1 aromatic heterocycles. The molecule has 0 aliphatic carbocycles. The van der Waals surface area contributed by atoms with Crippen molar-refractivity contribution in [3.63, 3.8) is 0 Å². The maximum absolute atomic E-state index is 12.1. The van der Waals surface area contributed by atoms with E-state index in [0.29, 0.717) is 18.5 Å². The fraction of sp³-hybridized carbons (Fsp3) is 0.214. The molecule has 1 aliphatic heterocycles. The van der Waals surface area contributed by atoms with Crippen LogP contribution in [0.4, 0.5) is 5.69 Å². The molecule has 0 saturated carbocycles. The molecule has 0 bridgehead atoms. The molecule has 0 spiro atoms. The van der Waals surface area contributed by atoms with Gasteiger partial charge in [-0.2, -0.15) is 5.10 Å². The fourth-order valence-corrected chi connectivity index (χ4v) is 2.20. The number of amides is 2. The summed E-state index contributed by atoms with van der Waals surface area (Å²) in [5.74, 6) is -0.205. The molecule has 6 nitrogen and oxygen atoms in total. The van der Waals surface area contributed by atoms with Crippen LogP contribution >= 0.6 is 0 Å². The molecule has 102 valence electrons. The lowest BCUT2D eigenvalue weighted by Crippen LogP contribution is -2.23. The van der Waals surface area contributed by atoms with E-state index < -0.39 is 0 Å². The molecule has 1 aliphatic rings. The quantitative estimate of drug-likeness (QED) is 0.868. The van der Waals surface area contributed by atoms with Crippen molar-refractivity contribution in [3.05, 3.63) is 47.3 Å². The molecule has 2 amide bonds. The van der Waals surface area contributed by atoms with E-state index in [1.54, 1.807) is 22.9 Å². The Kier molecular flexibility index (Phi) is 2.98. The SMILES string of the molecule is Cn1ccc(CNC(=O)c2ccc3c(c2)CC(=O)N3)n1. The Bertz CT molecular complexity index is 690. The maximum Gasteiger partial charge on any atom is 0.251 e. The van der Waals surface area contributed by atoms with Crippen molar-refractivity contribution in [1.82, 2.24) is 15.1 Å². The Morgan fingerprint density at radius 1 is 1.45 bits per heavy atom. The lowest BCUT2D eigenvalue weighted by atomic mass is 10.1. The molecule has 1 aromatic carbocycles. The normalized spacial score (nSPS) is 12.9. The van der Waals surface area contributed by atoms with E-state index in [4.69, 9.17) is 0 Å². The molecular weight excluding hydrogens is 256 g/mol. The summed E-state index contributed by atoms with van der Waals surface area (Å²) in [5.41, 5.74) is 3.01. The molecular formula is C14H14N4O2. The Morgan fingerprint density at radius 2 is 2.30 bits per heavy atom. The second kappa shape index (κ2) is 4.80. The molecule has 2 N–H and O–H groups in total. The molecule has 0 unspecified atom stereocenters. The van der Waals surface area contributed by atoms with Gasteiger partial charge in [0.2, 0.25) is 5.91 Å². The number of rotatable bonds is 3. The van der Waals surface area contributed by atoms with Crippen LogP contribution in [0, 0.1) is 0 Å². The largest absolute Gasteiger partial charge is 0.346 e. The highest BCUT2D eigenvalue weighted by molar-refractivity contribution is 6.01. The van der Waals surface area contributed by atoms with Crippen LogP contribution in [-0.2, 0) is 24.8 Å². The van der Waals surface area contributed by atoms with E-state index in [9.17, 15) is 9.59 Å². The number of nitrogens with zero attached hydrogens (tertiary/aromatic N) is 2. The Balaban J connectivity index is 1.69. The minimum atomic E-state index is -0.169. The first-order valence-corrected chi connectivity index (χ1v) is 6.31. The lowest BCUT2D eigenvalue weighted by Gasteiger charge is -2.05. The van der Waals surface area contributed by atoms with Gasteiger partial charge in [-0.15, -0.1) is 0 Å². The van der Waals surface area contributed by atoms with Crippen molar-refractivity contribution in [2.24, 2.45) is 7.05 Å². The van der Waals surface area contributed by atoms with Crippen molar-refractivity contribution >= 4 is 17.5 Å². The van der Waals surface area contributed by atoms with Gasteiger partial charge in [0.15, 0.2) is 0 Å². The second-order valence-corrected chi connectivity index (χ2v) is 4.76. The van der Waals surface area contributed by atoms with Crippen LogP contribution in [0.1, 0.15) is 21.6 Å². The monoisotopic (exact) mass is 270 g/mol. The fourth-order valence-electron chi connectivity index (χ4n) is 2.20. The number of benzene rings is 1. The molecule has 0 fully saturated rings. The minimum Gasteiger partial charge on any atom is -0.346 e. The molecule has 0 atom stereocenters. The molecule has 2 aromatic rings. The van der Waals surface area contributed by atoms with Gasteiger partial charge in [-0.3, -0.25) is 14.3 Å². The lowest BCUT2D eigenvalue weighted by molar-refractivity contribution is -0.115. The Hall–Kier alpha value is -2.63. The van der Waals surface area contributed by atoms with Crippen molar-refractivity contribution in [2.75, 3.05) is 5.32 Å². The molecule has 6 heteroatoms. The van der Waals surface area contributed by atoms with Gasteiger partial charge in [0.25, 0.3) is 5.91 Å². The van der Waals surface area contributed by atoms with Crippen LogP contribution in [0.25, 0.3) is 0 Å². The highest BCUT2D eigenvalue weighted by atomic mass is 16.2. The zero-order chi connectivity index (χ0) is 14.1. The third-order valence-corrected chi connectivity index (χ3v) is 3.19. The molecule has 3 rings (SSSR count). The van der Waals surface area contributed by atoms with Gasteiger partial charge in [-0.25, -0.2) is 0 Å². The van der Waals surface area contributed by atoms with Gasteiger partial charge < -0.3 is 10.6 Å². The van der Waals surface area contributed by atoms with Crippen LogP contribution < -0.4 is 10.6 Å². The second-order valence-electron chi connectivity index (χ2n) is 4.76. The number of fused-ring (bicyclic) bond motifs is 1. The van der Waals surface area contributed by atoms with Crippen molar-refractivity contribution in [3.8, 4) is 0 Å². The molecule has 20 heavy (non-hydrogen) atoms. The van der Waals surface area contributed by atoms with Crippen LogP contribution in [0.3, 0.4) is 0 Å². The first-order chi connectivity index (χ1) is 9.61. The standard InChI is InChI=1S/C14H14N4O2/c1-18-5-4-11(17-18)8-15-14(20)9-2-3-12-10(6-9)7-13(19)16-12/h2-6H,7-8H2,1H3,(H,15,20)(H,16,19). The highest BCUT2D eigenvalue weighted by Crippen LogP contribution is 2.23. The number of carbonyl (C=O) groups excluding carboxylic acids is 2. The summed E-state index contributed by atoms with van der Waals surface area (Å²) in [4.78, 5) is 23.3. The van der Waals surface area contributed by atoms with Gasteiger partial charge in [0.05, 0.1) is 18.7 Å². The third kappa shape index (κ3) is 2.40. The number of aryl methyl sites for hydroxylation is 1. The first kappa shape index (κ1) is 12.4. The number of anilines is 1. The summed E-state index contributed by atoms with van der Waals surface area (Å²) in [6.07, 6.45) is 2.16. The van der Waals surface area contributed by atoms with Gasteiger partial charge in [-0.1, -0.05) is 0 Å². The molecule has 0 saturated heterocycles. The van der Waals surface area contributed by atoms with E-state index >= 15 is 0 Å². The van der Waals surface area contributed by atoms with Crippen molar-refractivity contribution < 1.29 is 9.59 Å². The average molecular weight is 270 g/mol. The summed E-state index contributed by atoms with van der Waals surface area (Å²) in [6, 6.07) is 7.07. The maximum atomic E-state index is 12.1. The topological polar surface area (TPSA) is 76.0 Å². The summed E-state index contributed by atoms with van der Waals surface area (Å²) in [6.45, 7) is 0.383. The van der Waals surface area contributed by atoms with Gasteiger partial charge in [0.1, 0.15) is 0 Å². The van der Waals surface area contributed by atoms with Crippen molar-refractivity contribution in [1.29, 1.82) is 0 Å². The number of hydrogen-bond donors (Lipinski definition) is 2. The van der Waals surface area contributed by atoms with E-state index in [-0.39, 0.29) is 11.8 Å².